The molecular formula is C20H29N7O8. The van der Waals surface area contributed by atoms with Gasteiger partial charge >= 0.3 is 11.9 Å². The van der Waals surface area contributed by atoms with Crippen molar-refractivity contribution in [1.82, 2.24) is 25.5 Å². The molecule has 4 amide bonds. The van der Waals surface area contributed by atoms with E-state index in [9.17, 15) is 33.9 Å². The van der Waals surface area contributed by atoms with Gasteiger partial charge in [-0.05, 0) is 19.3 Å². The molecule has 0 radical (unpaired) electrons. The van der Waals surface area contributed by atoms with Crippen LogP contribution in [0.4, 0.5) is 0 Å². The molecule has 9 N–H and O–H groups in total. The van der Waals surface area contributed by atoms with Crippen molar-refractivity contribution in [2.45, 2.75) is 62.7 Å². The first kappa shape index (κ1) is 27.2. The Hall–Kier alpha value is -4.01. The van der Waals surface area contributed by atoms with Crippen molar-refractivity contribution < 1.29 is 39.0 Å². The van der Waals surface area contributed by atoms with Crippen molar-refractivity contribution in [3.8, 4) is 0 Å². The number of aliphatic carboxylic acids is 2. The number of amides is 4. The highest BCUT2D eigenvalue weighted by Crippen LogP contribution is 2.19. The van der Waals surface area contributed by atoms with Crippen molar-refractivity contribution in [2.24, 2.45) is 11.5 Å². The van der Waals surface area contributed by atoms with E-state index in [0.29, 0.717) is 12.1 Å². The van der Waals surface area contributed by atoms with E-state index in [1.807, 2.05) is 0 Å². The minimum absolute atomic E-state index is 0.170. The molecule has 0 saturated carbocycles. The van der Waals surface area contributed by atoms with Gasteiger partial charge in [0, 0.05) is 31.3 Å². The average molecular weight is 495 g/mol. The van der Waals surface area contributed by atoms with Crippen molar-refractivity contribution in [2.75, 3.05) is 6.54 Å². The molecule has 1 aliphatic heterocycles. The van der Waals surface area contributed by atoms with Crippen LogP contribution in [0, 0.1) is 0 Å². The maximum absolute atomic E-state index is 12.9. The number of primary amides is 1. The Morgan fingerprint density at radius 2 is 1.89 bits per heavy atom. The molecule has 15 heteroatoms. The minimum atomic E-state index is -1.56. The van der Waals surface area contributed by atoms with Gasteiger partial charge in [0.25, 0.3) is 0 Å². The molecular weight excluding hydrogens is 466 g/mol. The largest absolute Gasteiger partial charge is 0.481 e. The predicted molar refractivity (Wildman–Crippen MR) is 117 cm³/mol. The molecule has 4 atom stereocenters. The molecule has 35 heavy (non-hydrogen) atoms. The summed E-state index contributed by atoms with van der Waals surface area (Å²) in [6.07, 6.45) is 2.36. The molecule has 0 aliphatic carbocycles. The molecule has 15 nitrogen and oxygen atoms in total. The van der Waals surface area contributed by atoms with E-state index in [1.165, 1.54) is 17.4 Å². The summed E-state index contributed by atoms with van der Waals surface area (Å²) < 4.78 is 0. The maximum atomic E-state index is 12.9. The zero-order chi connectivity index (χ0) is 26.1. The predicted octanol–water partition coefficient (Wildman–Crippen LogP) is -2.94. The van der Waals surface area contributed by atoms with Crippen LogP contribution in [0.25, 0.3) is 0 Å². The fraction of sp³-hybridized carbons (Fsp3) is 0.550. The van der Waals surface area contributed by atoms with E-state index in [-0.39, 0.29) is 19.4 Å². The number of carboxylic acid groups (broad SMARTS) is 2. The molecule has 0 spiro atoms. The van der Waals surface area contributed by atoms with Crippen LogP contribution in [0.2, 0.25) is 0 Å². The smallest absolute Gasteiger partial charge is 0.326 e. The third-order valence-corrected chi connectivity index (χ3v) is 5.45. The van der Waals surface area contributed by atoms with Gasteiger partial charge in [0.05, 0.1) is 18.8 Å². The summed E-state index contributed by atoms with van der Waals surface area (Å²) >= 11 is 0. The molecule has 0 bridgehead atoms. The monoisotopic (exact) mass is 495 g/mol. The van der Waals surface area contributed by atoms with Gasteiger partial charge in [0.15, 0.2) is 0 Å². The van der Waals surface area contributed by atoms with Gasteiger partial charge in [0.2, 0.25) is 23.6 Å². The normalized spacial score (nSPS) is 17.7. The lowest BCUT2D eigenvalue weighted by atomic mass is 10.1. The fourth-order valence-corrected chi connectivity index (χ4v) is 3.71. The highest BCUT2D eigenvalue weighted by Gasteiger charge is 2.38. The third-order valence-electron chi connectivity index (χ3n) is 5.45. The molecule has 2 heterocycles. The van der Waals surface area contributed by atoms with Gasteiger partial charge in [-0.25, -0.2) is 9.78 Å². The number of likely N-dealkylation sites (tertiary alicyclic amines) is 1. The molecule has 1 aromatic rings. The number of aromatic amines is 1. The standard InChI is InChI=1S/C20H29N7O8/c21-11(6-10-8-23-9-24-10)19(33)27-5-1-2-14(27)18(32)26-13(7-15(22)28)17(31)25-12(20(34)35)3-4-16(29)30/h8-9,11-14H,1-7,21H2,(H2,22,28)(H,23,24)(H,25,31)(H,26,32)(H,29,30)(H,34,35). The molecule has 0 aromatic carbocycles. The summed E-state index contributed by atoms with van der Waals surface area (Å²) in [6.45, 7) is 0.260. The van der Waals surface area contributed by atoms with Gasteiger partial charge < -0.3 is 42.2 Å². The number of imidazole rings is 1. The number of hydrogen-bond acceptors (Lipinski definition) is 8. The van der Waals surface area contributed by atoms with E-state index in [4.69, 9.17) is 16.6 Å². The molecule has 4 unspecified atom stereocenters. The van der Waals surface area contributed by atoms with Crippen LogP contribution in [0.15, 0.2) is 12.5 Å². The number of carboxylic acids is 2. The van der Waals surface area contributed by atoms with Crippen LogP contribution >= 0.6 is 0 Å². The number of aromatic nitrogens is 2. The maximum Gasteiger partial charge on any atom is 0.326 e. The molecule has 1 saturated heterocycles. The Balaban J connectivity index is 2.07. The molecule has 2 rings (SSSR count). The Labute approximate surface area is 199 Å². The summed E-state index contributed by atoms with van der Waals surface area (Å²) in [5, 5.41) is 22.5. The summed E-state index contributed by atoms with van der Waals surface area (Å²) in [4.78, 5) is 80.0. The van der Waals surface area contributed by atoms with Gasteiger partial charge in [-0.1, -0.05) is 0 Å². The minimum Gasteiger partial charge on any atom is -0.481 e. The number of nitrogens with two attached hydrogens (primary N) is 2. The fourth-order valence-electron chi connectivity index (χ4n) is 3.71. The molecule has 192 valence electrons. The zero-order valence-electron chi connectivity index (χ0n) is 18.8. The number of H-pyrrole nitrogens is 1. The van der Waals surface area contributed by atoms with Crippen LogP contribution in [0.3, 0.4) is 0 Å². The first-order chi connectivity index (χ1) is 16.5. The van der Waals surface area contributed by atoms with Crippen LogP contribution in [0.1, 0.15) is 37.8 Å². The third kappa shape index (κ3) is 8.06. The first-order valence-electron chi connectivity index (χ1n) is 10.9. The Morgan fingerprint density at radius 3 is 2.46 bits per heavy atom. The summed E-state index contributed by atoms with van der Waals surface area (Å²) in [6, 6.07) is -4.99. The Kier molecular flexibility index (Phi) is 9.69. The van der Waals surface area contributed by atoms with Crippen molar-refractivity contribution in [3.63, 3.8) is 0 Å². The number of rotatable bonds is 13. The SMILES string of the molecule is NC(=O)CC(NC(=O)C1CCCN1C(=O)C(N)Cc1cnc[nH]1)C(=O)NC(CCC(=O)O)C(=O)O. The lowest BCUT2D eigenvalue weighted by Gasteiger charge is -2.28. The van der Waals surface area contributed by atoms with Crippen LogP contribution in [-0.4, -0.2) is 91.4 Å². The van der Waals surface area contributed by atoms with Gasteiger partial charge in [0.1, 0.15) is 18.1 Å². The van der Waals surface area contributed by atoms with Gasteiger partial charge in [-0.15, -0.1) is 0 Å². The Bertz CT molecular complexity index is 951. The van der Waals surface area contributed by atoms with Crippen molar-refractivity contribution in [3.05, 3.63) is 18.2 Å². The van der Waals surface area contributed by atoms with E-state index < -0.39 is 79.0 Å². The zero-order valence-corrected chi connectivity index (χ0v) is 18.8. The molecule has 1 fully saturated rings. The summed E-state index contributed by atoms with van der Waals surface area (Å²) in [7, 11) is 0. The second-order valence-corrected chi connectivity index (χ2v) is 8.14. The number of carbonyl (C=O) groups excluding carboxylic acids is 4. The highest BCUT2D eigenvalue weighted by molar-refractivity contribution is 5.96. The lowest BCUT2D eigenvalue weighted by molar-refractivity contribution is -0.144. The van der Waals surface area contributed by atoms with Crippen molar-refractivity contribution >= 4 is 35.6 Å². The van der Waals surface area contributed by atoms with Gasteiger partial charge in [-0.3, -0.25) is 24.0 Å². The first-order valence-corrected chi connectivity index (χ1v) is 10.9. The van der Waals surface area contributed by atoms with Crippen LogP contribution in [-0.2, 0) is 35.2 Å². The molecule has 1 aliphatic rings. The number of nitrogens with one attached hydrogen (secondary N) is 3. The van der Waals surface area contributed by atoms with E-state index in [2.05, 4.69) is 20.6 Å². The second kappa shape index (κ2) is 12.5. The van der Waals surface area contributed by atoms with Crippen LogP contribution in [0.5, 0.6) is 0 Å². The number of carbonyl (C=O) groups is 6. The number of hydrogen-bond donors (Lipinski definition) is 7. The van der Waals surface area contributed by atoms with Crippen molar-refractivity contribution in [1.29, 1.82) is 0 Å². The molecule has 1 aromatic heterocycles. The lowest BCUT2D eigenvalue weighted by Crippen LogP contribution is -2.57. The topological polar surface area (TPSA) is 251 Å². The van der Waals surface area contributed by atoms with E-state index in [1.54, 1.807) is 0 Å². The Morgan fingerprint density at radius 1 is 1.17 bits per heavy atom. The van der Waals surface area contributed by atoms with Gasteiger partial charge in [-0.2, -0.15) is 0 Å². The van der Waals surface area contributed by atoms with E-state index in [0.717, 1.165) is 0 Å². The quantitative estimate of drug-likeness (QED) is 0.147. The van der Waals surface area contributed by atoms with Crippen LogP contribution < -0.4 is 22.1 Å². The summed E-state index contributed by atoms with van der Waals surface area (Å²) in [5.41, 5.74) is 11.8. The highest BCUT2D eigenvalue weighted by atomic mass is 16.4. The average Bonchev–Trinajstić information content (AvgIpc) is 3.46. The summed E-state index contributed by atoms with van der Waals surface area (Å²) in [5.74, 6) is -5.92. The second-order valence-electron chi connectivity index (χ2n) is 8.14. The van der Waals surface area contributed by atoms with E-state index >= 15 is 0 Å². The number of nitrogens with zero attached hydrogens (tertiary/aromatic N) is 2.